The van der Waals surface area contributed by atoms with Crippen LogP contribution in [-0.4, -0.2) is 37.4 Å². The molecule has 3 nitrogen and oxygen atoms in total. The standard InChI is InChI=1S/C14H22N2O/c1-12-3-5-13(6-4-12)16-9-7-14(17,8-10-16)11-15-2/h3-6,15,17H,7-11H2,1-2H3. The van der Waals surface area contributed by atoms with E-state index in [2.05, 4.69) is 41.4 Å². The fourth-order valence-electron chi connectivity index (χ4n) is 2.44. The summed E-state index contributed by atoms with van der Waals surface area (Å²) < 4.78 is 0. The zero-order valence-corrected chi connectivity index (χ0v) is 10.7. The summed E-state index contributed by atoms with van der Waals surface area (Å²) >= 11 is 0. The third-order valence-corrected chi connectivity index (χ3v) is 3.60. The van der Waals surface area contributed by atoms with Gasteiger partial charge in [-0.25, -0.2) is 0 Å². The number of likely N-dealkylation sites (N-methyl/N-ethyl adjacent to an activating group) is 1. The Hall–Kier alpha value is -1.06. The van der Waals surface area contributed by atoms with E-state index < -0.39 is 5.60 Å². The van der Waals surface area contributed by atoms with E-state index in [1.54, 1.807) is 0 Å². The molecule has 0 amide bonds. The molecule has 3 heteroatoms. The molecule has 0 bridgehead atoms. The summed E-state index contributed by atoms with van der Waals surface area (Å²) in [7, 11) is 1.89. The third-order valence-electron chi connectivity index (χ3n) is 3.60. The third kappa shape index (κ3) is 2.99. The summed E-state index contributed by atoms with van der Waals surface area (Å²) in [5.74, 6) is 0. The molecule has 2 N–H and O–H groups in total. The number of aryl methyl sites for hydroxylation is 1. The van der Waals surface area contributed by atoms with Crippen molar-refractivity contribution in [1.82, 2.24) is 5.32 Å². The van der Waals surface area contributed by atoms with Crippen LogP contribution in [0.25, 0.3) is 0 Å². The molecule has 0 atom stereocenters. The smallest absolute Gasteiger partial charge is 0.0805 e. The summed E-state index contributed by atoms with van der Waals surface area (Å²) in [5, 5.41) is 13.4. The zero-order valence-electron chi connectivity index (χ0n) is 10.7. The maximum Gasteiger partial charge on any atom is 0.0805 e. The molecule has 0 aliphatic carbocycles. The molecule has 2 rings (SSSR count). The molecule has 17 heavy (non-hydrogen) atoms. The van der Waals surface area contributed by atoms with Crippen LogP contribution >= 0.6 is 0 Å². The Kier molecular flexibility index (Phi) is 3.69. The lowest BCUT2D eigenvalue weighted by Gasteiger charge is -2.39. The first-order valence-corrected chi connectivity index (χ1v) is 6.32. The number of benzene rings is 1. The van der Waals surface area contributed by atoms with E-state index in [0.29, 0.717) is 6.54 Å². The van der Waals surface area contributed by atoms with Gasteiger partial charge in [-0.1, -0.05) is 17.7 Å². The van der Waals surface area contributed by atoms with Crippen molar-refractivity contribution in [2.24, 2.45) is 0 Å². The van der Waals surface area contributed by atoms with Crippen molar-refractivity contribution in [2.45, 2.75) is 25.4 Å². The van der Waals surface area contributed by atoms with Crippen molar-refractivity contribution in [3.8, 4) is 0 Å². The van der Waals surface area contributed by atoms with E-state index in [1.807, 2.05) is 7.05 Å². The second kappa shape index (κ2) is 5.07. The second-order valence-electron chi connectivity index (χ2n) is 5.08. The maximum atomic E-state index is 10.3. The quantitative estimate of drug-likeness (QED) is 0.833. The van der Waals surface area contributed by atoms with Crippen molar-refractivity contribution >= 4 is 5.69 Å². The van der Waals surface area contributed by atoms with Crippen LogP contribution in [0.1, 0.15) is 18.4 Å². The number of hydrogen-bond donors (Lipinski definition) is 2. The highest BCUT2D eigenvalue weighted by Crippen LogP contribution is 2.25. The minimum atomic E-state index is -0.518. The van der Waals surface area contributed by atoms with Gasteiger partial charge < -0.3 is 15.3 Å². The van der Waals surface area contributed by atoms with Crippen LogP contribution in [0.3, 0.4) is 0 Å². The normalized spacial score (nSPS) is 19.4. The van der Waals surface area contributed by atoms with Crippen LogP contribution in [0.2, 0.25) is 0 Å². The highest BCUT2D eigenvalue weighted by Gasteiger charge is 2.31. The molecule has 1 aliphatic rings. The molecule has 0 saturated carbocycles. The fourth-order valence-corrected chi connectivity index (χ4v) is 2.44. The van der Waals surface area contributed by atoms with Gasteiger partial charge in [0.1, 0.15) is 0 Å². The number of nitrogens with zero attached hydrogens (tertiary/aromatic N) is 1. The van der Waals surface area contributed by atoms with Gasteiger partial charge in [0.25, 0.3) is 0 Å². The van der Waals surface area contributed by atoms with Gasteiger partial charge in [-0.3, -0.25) is 0 Å². The lowest BCUT2D eigenvalue weighted by Crippen LogP contribution is -2.49. The summed E-state index contributed by atoms with van der Waals surface area (Å²) in [5.41, 5.74) is 2.04. The van der Waals surface area contributed by atoms with Gasteiger partial charge in [0.05, 0.1) is 5.60 Å². The minimum absolute atomic E-state index is 0.518. The first-order chi connectivity index (χ1) is 8.13. The van der Waals surface area contributed by atoms with Crippen LogP contribution in [0.15, 0.2) is 24.3 Å². The highest BCUT2D eigenvalue weighted by molar-refractivity contribution is 5.48. The van der Waals surface area contributed by atoms with Gasteiger partial charge in [-0.05, 0) is 38.9 Å². The van der Waals surface area contributed by atoms with Gasteiger partial charge >= 0.3 is 0 Å². The molecule has 0 aromatic heterocycles. The monoisotopic (exact) mass is 234 g/mol. The molecule has 1 heterocycles. The summed E-state index contributed by atoms with van der Waals surface area (Å²) in [6.07, 6.45) is 1.67. The molecule has 1 aromatic carbocycles. The van der Waals surface area contributed by atoms with Crippen LogP contribution in [0.4, 0.5) is 5.69 Å². The summed E-state index contributed by atoms with van der Waals surface area (Å²) in [4.78, 5) is 2.35. The fraction of sp³-hybridized carbons (Fsp3) is 0.571. The van der Waals surface area contributed by atoms with Crippen LogP contribution in [0, 0.1) is 6.92 Å². The van der Waals surface area contributed by atoms with Crippen molar-refractivity contribution in [2.75, 3.05) is 31.6 Å². The topological polar surface area (TPSA) is 35.5 Å². The molecule has 94 valence electrons. The van der Waals surface area contributed by atoms with E-state index in [9.17, 15) is 5.11 Å². The largest absolute Gasteiger partial charge is 0.388 e. The van der Waals surface area contributed by atoms with Crippen LogP contribution in [0.5, 0.6) is 0 Å². The van der Waals surface area contributed by atoms with Crippen molar-refractivity contribution in [3.05, 3.63) is 29.8 Å². The Morgan fingerprint density at radius 3 is 2.35 bits per heavy atom. The lowest BCUT2D eigenvalue weighted by molar-refractivity contribution is 0.0185. The molecule has 0 unspecified atom stereocenters. The van der Waals surface area contributed by atoms with Gasteiger partial charge in [-0.15, -0.1) is 0 Å². The number of piperidine rings is 1. The van der Waals surface area contributed by atoms with Crippen molar-refractivity contribution in [1.29, 1.82) is 0 Å². The summed E-state index contributed by atoms with van der Waals surface area (Å²) in [6.45, 7) is 4.66. The number of anilines is 1. The predicted octanol–water partition coefficient (Wildman–Crippen LogP) is 1.55. The molecule has 1 fully saturated rings. The molecule has 0 radical (unpaired) electrons. The Bertz CT molecular complexity index is 353. The molecule has 1 saturated heterocycles. The zero-order chi connectivity index (χ0) is 12.3. The van der Waals surface area contributed by atoms with Gasteiger partial charge in [-0.2, -0.15) is 0 Å². The van der Waals surface area contributed by atoms with Gasteiger partial charge in [0.15, 0.2) is 0 Å². The molecular weight excluding hydrogens is 212 g/mol. The van der Waals surface area contributed by atoms with E-state index in [4.69, 9.17) is 0 Å². The van der Waals surface area contributed by atoms with E-state index >= 15 is 0 Å². The minimum Gasteiger partial charge on any atom is -0.388 e. The first kappa shape index (κ1) is 12.4. The number of nitrogens with one attached hydrogen (secondary N) is 1. The first-order valence-electron chi connectivity index (χ1n) is 6.32. The average molecular weight is 234 g/mol. The molecular formula is C14H22N2O. The Morgan fingerprint density at radius 1 is 1.24 bits per heavy atom. The molecule has 0 spiro atoms. The Labute approximate surface area is 103 Å². The average Bonchev–Trinajstić information content (AvgIpc) is 2.31. The van der Waals surface area contributed by atoms with Crippen LogP contribution < -0.4 is 10.2 Å². The lowest BCUT2D eigenvalue weighted by atomic mass is 9.91. The van der Waals surface area contributed by atoms with E-state index in [-0.39, 0.29) is 0 Å². The number of hydrogen-bond acceptors (Lipinski definition) is 3. The van der Waals surface area contributed by atoms with Gasteiger partial charge in [0, 0.05) is 25.3 Å². The molecule has 1 aromatic rings. The maximum absolute atomic E-state index is 10.3. The van der Waals surface area contributed by atoms with E-state index in [1.165, 1.54) is 11.3 Å². The van der Waals surface area contributed by atoms with Crippen molar-refractivity contribution < 1.29 is 5.11 Å². The number of aliphatic hydroxyl groups is 1. The molecule has 1 aliphatic heterocycles. The highest BCUT2D eigenvalue weighted by atomic mass is 16.3. The SMILES string of the molecule is CNCC1(O)CCN(c2ccc(C)cc2)CC1. The number of rotatable bonds is 3. The Balaban J connectivity index is 1.97. The summed E-state index contributed by atoms with van der Waals surface area (Å²) in [6, 6.07) is 8.61. The van der Waals surface area contributed by atoms with Crippen molar-refractivity contribution in [3.63, 3.8) is 0 Å². The van der Waals surface area contributed by atoms with Crippen LogP contribution in [-0.2, 0) is 0 Å². The Morgan fingerprint density at radius 2 is 1.82 bits per heavy atom. The second-order valence-corrected chi connectivity index (χ2v) is 5.08. The predicted molar refractivity (Wildman–Crippen MR) is 71.5 cm³/mol. The van der Waals surface area contributed by atoms with Gasteiger partial charge in [0.2, 0.25) is 0 Å². The van der Waals surface area contributed by atoms with E-state index in [0.717, 1.165) is 25.9 Å².